The van der Waals surface area contributed by atoms with E-state index < -0.39 is 5.60 Å². The van der Waals surface area contributed by atoms with Gasteiger partial charge in [-0.25, -0.2) is 4.79 Å². The molecule has 1 amide bonds. The standard InChI is InChI=1S/C16H33N3O2/c1-5-7-13(11-18-15(20)21-16(2,3)4)19-14-9-6-8-12(14)10-17/h12-14,19H,5-11,17H2,1-4H3,(H,18,20). The van der Waals surface area contributed by atoms with Crippen molar-refractivity contribution in [3.63, 3.8) is 0 Å². The summed E-state index contributed by atoms with van der Waals surface area (Å²) in [5.74, 6) is 0.575. The molecule has 0 aromatic carbocycles. The van der Waals surface area contributed by atoms with Crippen molar-refractivity contribution in [3.8, 4) is 0 Å². The minimum Gasteiger partial charge on any atom is -0.444 e. The first-order chi connectivity index (χ1) is 9.85. The second-order valence-electron chi connectivity index (χ2n) is 7.07. The Bertz CT molecular complexity index is 315. The molecule has 1 aliphatic carbocycles. The number of nitrogens with two attached hydrogens (primary N) is 1. The average Bonchev–Trinajstić information content (AvgIpc) is 2.81. The molecule has 0 saturated heterocycles. The minimum atomic E-state index is -0.451. The highest BCUT2D eigenvalue weighted by atomic mass is 16.6. The number of nitrogens with one attached hydrogen (secondary N) is 2. The van der Waals surface area contributed by atoms with E-state index in [9.17, 15) is 4.79 Å². The largest absolute Gasteiger partial charge is 0.444 e. The van der Waals surface area contributed by atoms with Gasteiger partial charge in [-0.1, -0.05) is 19.8 Å². The molecular formula is C16H33N3O2. The van der Waals surface area contributed by atoms with Crippen LogP contribution in [0.4, 0.5) is 4.79 Å². The van der Waals surface area contributed by atoms with Crippen molar-refractivity contribution in [2.75, 3.05) is 13.1 Å². The van der Waals surface area contributed by atoms with E-state index in [1.165, 1.54) is 19.3 Å². The number of rotatable bonds is 7. The summed E-state index contributed by atoms with van der Waals surface area (Å²) in [6.45, 7) is 9.14. The highest BCUT2D eigenvalue weighted by molar-refractivity contribution is 5.67. The van der Waals surface area contributed by atoms with Gasteiger partial charge in [0, 0.05) is 18.6 Å². The third-order valence-corrected chi connectivity index (χ3v) is 3.94. The van der Waals surface area contributed by atoms with E-state index in [0.717, 1.165) is 19.4 Å². The maximum Gasteiger partial charge on any atom is 0.407 e. The van der Waals surface area contributed by atoms with Gasteiger partial charge < -0.3 is 21.1 Å². The smallest absolute Gasteiger partial charge is 0.407 e. The number of hydrogen-bond donors (Lipinski definition) is 3. The van der Waals surface area contributed by atoms with Gasteiger partial charge in [0.15, 0.2) is 0 Å². The van der Waals surface area contributed by atoms with Crippen molar-refractivity contribution in [1.82, 2.24) is 10.6 Å². The van der Waals surface area contributed by atoms with E-state index in [1.54, 1.807) is 0 Å². The van der Waals surface area contributed by atoms with Gasteiger partial charge in [-0.3, -0.25) is 0 Å². The fourth-order valence-corrected chi connectivity index (χ4v) is 2.95. The molecule has 0 aromatic heterocycles. The summed E-state index contributed by atoms with van der Waals surface area (Å²) in [6, 6.07) is 0.784. The Morgan fingerprint density at radius 1 is 1.38 bits per heavy atom. The summed E-state index contributed by atoms with van der Waals surface area (Å²) in [5, 5.41) is 6.56. The highest BCUT2D eigenvalue weighted by Gasteiger charge is 2.28. The molecule has 3 unspecified atom stereocenters. The van der Waals surface area contributed by atoms with Crippen molar-refractivity contribution < 1.29 is 9.53 Å². The van der Waals surface area contributed by atoms with Gasteiger partial charge in [0.2, 0.25) is 0 Å². The number of carbonyl (C=O) groups excluding carboxylic acids is 1. The summed E-state index contributed by atoms with van der Waals surface area (Å²) < 4.78 is 5.28. The van der Waals surface area contributed by atoms with Crippen molar-refractivity contribution in [1.29, 1.82) is 0 Å². The summed E-state index contributed by atoms with van der Waals surface area (Å²) in [7, 11) is 0. The second kappa shape index (κ2) is 8.59. The number of ether oxygens (including phenoxy) is 1. The van der Waals surface area contributed by atoms with Crippen molar-refractivity contribution in [3.05, 3.63) is 0 Å². The third kappa shape index (κ3) is 7.14. The fourth-order valence-electron chi connectivity index (χ4n) is 2.95. The molecule has 1 aliphatic rings. The predicted molar refractivity (Wildman–Crippen MR) is 86.3 cm³/mol. The van der Waals surface area contributed by atoms with Crippen LogP contribution in [-0.4, -0.2) is 36.9 Å². The van der Waals surface area contributed by atoms with Gasteiger partial charge in [0.05, 0.1) is 0 Å². The normalized spacial score (nSPS) is 23.9. The summed E-state index contributed by atoms with van der Waals surface area (Å²) in [5.41, 5.74) is 5.39. The van der Waals surface area contributed by atoms with E-state index in [1.807, 2.05) is 20.8 Å². The van der Waals surface area contributed by atoms with Gasteiger partial charge in [0.1, 0.15) is 5.60 Å². The van der Waals surface area contributed by atoms with Crippen LogP contribution in [-0.2, 0) is 4.74 Å². The molecule has 1 rings (SSSR count). The third-order valence-electron chi connectivity index (χ3n) is 3.94. The minimum absolute atomic E-state index is 0.291. The summed E-state index contributed by atoms with van der Waals surface area (Å²) in [6.07, 6.45) is 5.45. The molecule has 0 bridgehead atoms. The maximum atomic E-state index is 11.7. The molecule has 1 saturated carbocycles. The Morgan fingerprint density at radius 3 is 2.67 bits per heavy atom. The second-order valence-corrected chi connectivity index (χ2v) is 7.07. The van der Waals surface area contributed by atoms with E-state index in [0.29, 0.717) is 24.5 Å². The lowest BCUT2D eigenvalue weighted by atomic mass is 10.0. The highest BCUT2D eigenvalue weighted by Crippen LogP contribution is 2.25. The van der Waals surface area contributed by atoms with Crippen LogP contribution in [0.5, 0.6) is 0 Å². The van der Waals surface area contributed by atoms with Crippen LogP contribution >= 0.6 is 0 Å². The Balaban J connectivity index is 2.40. The van der Waals surface area contributed by atoms with Crippen LogP contribution < -0.4 is 16.4 Å². The maximum absolute atomic E-state index is 11.7. The van der Waals surface area contributed by atoms with Crippen LogP contribution in [0.3, 0.4) is 0 Å². The van der Waals surface area contributed by atoms with E-state index >= 15 is 0 Å². The number of hydrogen-bond acceptors (Lipinski definition) is 4. The number of carbonyl (C=O) groups is 1. The van der Waals surface area contributed by atoms with E-state index in [-0.39, 0.29) is 6.09 Å². The fraction of sp³-hybridized carbons (Fsp3) is 0.938. The predicted octanol–water partition coefficient (Wildman–Crippen LogP) is 2.40. The zero-order valence-corrected chi connectivity index (χ0v) is 14.1. The lowest BCUT2D eigenvalue weighted by molar-refractivity contribution is 0.0520. The lowest BCUT2D eigenvalue weighted by Crippen LogP contribution is -2.48. The Kier molecular flexibility index (Phi) is 7.46. The molecule has 21 heavy (non-hydrogen) atoms. The van der Waals surface area contributed by atoms with Crippen LogP contribution in [0.2, 0.25) is 0 Å². The topological polar surface area (TPSA) is 76.4 Å². The van der Waals surface area contributed by atoms with Crippen LogP contribution in [0.1, 0.15) is 59.8 Å². The van der Waals surface area contributed by atoms with Crippen LogP contribution in [0.15, 0.2) is 0 Å². The average molecular weight is 299 g/mol. The first-order valence-electron chi connectivity index (χ1n) is 8.28. The van der Waals surface area contributed by atoms with E-state index in [2.05, 4.69) is 17.6 Å². The van der Waals surface area contributed by atoms with Gasteiger partial charge in [-0.05, 0) is 52.5 Å². The summed E-state index contributed by atoms with van der Waals surface area (Å²) >= 11 is 0. The van der Waals surface area contributed by atoms with Gasteiger partial charge in [-0.15, -0.1) is 0 Å². The van der Waals surface area contributed by atoms with Crippen molar-refractivity contribution in [2.45, 2.75) is 77.5 Å². The quantitative estimate of drug-likeness (QED) is 0.674. The first-order valence-corrected chi connectivity index (χ1v) is 8.28. The molecule has 0 spiro atoms. The molecule has 124 valence electrons. The monoisotopic (exact) mass is 299 g/mol. The van der Waals surface area contributed by atoms with Gasteiger partial charge in [0.25, 0.3) is 0 Å². The molecular weight excluding hydrogens is 266 g/mol. The van der Waals surface area contributed by atoms with Crippen molar-refractivity contribution in [2.24, 2.45) is 11.7 Å². The molecule has 3 atom stereocenters. The zero-order valence-electron chi connectivity index (χ0n) is 14.1. The zero-order chi connectivity index (χ0) is 15.9. The Hall–Kier alpha value is -0.810. The van der Waals surface area contributed by atoms with E-state index in [4.69, 9.17) is 10.5 Å². The molecule has 0 heterocycles. The molecule has 1 fully saturated rings. The molecule has 0 aliphatic heterocycles. The van der Waals surface area contributed by atoms with Gasteiger partial charge in [-0.2, -0.15) is 0 Å². The molecule has 0 aromatic rings. The molecule has 5 heteroatoms. The number of alkyl carbamates (subject to hydrolysis) is 1. The Morgan fingerprint density at radius 2 is 2.10 bits per heavy atom. The molecule has 4 N–H and O–H groups in total. The van der Waals surface area contributed by atoms with Crippen LogP contribution in [0, 0.1) is 5.92 Å². The number of amides is 1. The molecule has 0 radical (unpaired) electrons. The van der Waals surface area contributed by atoms with Crippen LogP contribution in [0.25, 0.3) is 0 Å². The summed E-state index contributed by atoms with van der Waals surface area (Å²) in [4.78, 5) is 11.7. The lowest BCUT2D eigenvalue weighted by Gasteiger charge is -2.27. The van der Waals surface area contributed by atoms with Gasteiger partial charge >= 0.3 is 6.09 Å². The SMILES string of the molecule is CCCC(CNC(=O)OC(C)(C)C)NC1CCCC1CN. The Labute approximate surface area is 129 Å². The first kappa shape index (κ1) is 18.2. The molecule has 5 nitrogen and oxygen atoms in total. The van der Waals surface area contributed by atoms with Crippen molar-refractivity contribution >= 4 is 6.09 Å².